The molecule has 29 heavy (non-hydrogen) atoms. The first kappa shape index (κ1) is 27.7. The molecule has 0 heterocycles. The largest absolute Gasteiger partial charge is 0.390 e. The second-order valence-electron chi connectivity index (χ2n) is 8.34. The highest BCUT2D eigenvalue weighted by Gasteiger charge is 2.36. The number of rotatable bonds is 14. The van der Waals surface area contributed by atoms with Crippen molar-refractivity contribution in [2.75, 3.05) is 32.1 Å². The van der Waals surface area contributed by atoms with Crippen LogP contribution in [-0.2, 0) is 14.4 Å². The maximum atomic E-state index is 13.2. The van der Waals surface area contributed by atoms with Gasteiger partial charge in [0.1, 0.15) is 12.1 Å². The van der Waals surface area contributed by atoms with Gasteiger partial charge < -0.3 is 26.0 Å². The summed E-state index contributed by atoms with van der Waals surface area (Å²) in [4.78, 5) is 40.3. The van der Waals surface area contributed by atoms with E-state index in [0.29, 0.717) is 24.6 Å². The third-order valence-electron chi connectivity index (χ3n) is 4.52. The molecule has 0 aliphatic carbocycles. The fraction of sp³-hybridized carbons (Fsp3) is 0.850. The average Bonchev–Trinajstić information content (AvgIpc) is 2.60. The van der Waals surface area contributed by atoms with Gasteiger partial charge >= 0.3 is 0 Å². The van der Waals surface area contributed by atoms with Crippen LogP contribution in [0.3, 0.4) is 0 Å². The van der Waals surface area contributed by atoms with Crippen molar-refractivity contribution in [3.63, 3.8) is 0 Å². The predicted octanol–water partition coefficient (Wildman–Crippen LogP) is 0.818. The van der Waals surface area contributed by atoms with Crippen LogP contribution in [0.25, 0.3) is 0 Å². The lowest BCUT2D eigenvalue weighted by molar-refractivity contribution is -0.147. The minimum absolute atomic E-state index is 0.0232. The molecule has 0 fully saturated rings. The molecular weight excluding hydrogens is 392 g/mol. The van der Waals surface area contributed by atoms with E-state index >= 15 is 0 Å². The van der Waals surface area contributed by atoms with Crippen molar-refractivity contribution in [3.8, 4) is 0 Å². The molecular formula is C20H40N4O4S. The van der Waals surface area contributed by atoms with E-state index in [-0.39, 0.29) is 18.2 Å². The lowest BCUT2D eigenvalue weighted by Gasteiger charge is -2.35. The van der Waals surface area contributed by atoms with Crippen LogP contribution in [0.4, 0.5) is 0 Å². The van der Waals surface area contributed by atoms with Gasteiger partial charge in [-0.25, -0.2) is 0 Å². The van der Waals surface area contributed by atoms with Gasteiger partial charge in [-0.2, -0.15) is 11.8 Å². The number of carbonyl (C=O) groups excluding carboxylic acids is 3. The summed E-state index contributed by atoms with van der Waals surface area (Å²) in [6.45, 7) is 9.97. The highest BCUT2D eigenvalue weighted by molar-refractivity contribution is 7.99. The molecule has 0 aromatic heterocycles. The molecule has 170 valence electrons. The average molecular weight is 433 g/mol. The van der Waals surface area contributed by atoms with Crippen molar-refractivity contribution in [2.45, 2.75) is 77.6 Å². The van der Waals surface area contributed by atoms with Crippen molar-refractivity contribution < 1.29 is 19.5 Å². The molecule has 0 aliphatic rings. The van der Waals surface area contributed by atoms with Gasteiger partial charge in [-0.1, -0.05) is 20.8 Å². The molecule has 0 spiro atoms. The molecule has 0 saturated carbocycles. The fourth-order valence-electron chi connectivity index (χ4n) is 2.82. The number of carbonyl (C=O) groups is 3. The van der Waals surface area contributed by atoms with Gasteiger partial charge in [-0.15, -0.1) is 0 Å². The SMILES string of the molecule is CCCC(=O)N(C)[C@H](CSCCNC(C)C)C(=O)N(C)[C@@H](CC(C)(C)O)C(N)=O. The van der Waals surface area contributed by atoms with E-state index in [1.807, 2.05) is 6.92 Å². The first-order chi connectivity index (χ1) is 13.3. The normalized spacial score (nSPS) is 13.8. The summed E-state index contributed by atoms with van der Waals surface area (Å²) in [5.74, 6) is 0.0680. The van der Waals surface area contributed by atoms with E-state index in [9.17, 15) is 19.5 Å². The summed E-state index contributed by atoms with van der Waals surface area (Å²) < 4.78 is 0. The Labute approximate surface area is 179 Å². The number of hydrogen-bond donors (Lipinski definition) is 3. The zero-order chi connectivity index (χ0) is 22.8. The summed E-state index contributed by atoms with van der Waals surface area (Å²) in [6.07, 6.45) is 1.07. The van der Waals surface area contributed by atoms with Crippen molar-refractivity contribution in [1.29, 1.82) is 0 Å². The highest BCUT2D eigenvalue weighted by atomic mass is 32.2. The van der Waals surface area contributed by atoms with Gasteiger partial charge in [0.2, 0.25) is 17.7 Å². The number of amides is 3. The van der Waals surface area contributed by atoms with Gasteiger partial charge in [-0.05, 0) is 20.3 Å². The maximum absolute atomic E-state index is 13.2. The van der Waals surface area contributed by atoms with Crippen LogP contribution in [0.2, 0.25) is 0 Å². The molecule has 0 unspecified atom stereocenters. The van der Waals surface area contributed by atoms with Crippen molar-refractivity contribution in [1.82, 2.24) is 15.1 Å². The summed E-state index contributed by atoms with van der Waals surface area (Å²) in [5, 5.41) is 13.4. The van der Waals surface area contributed by atoms with E-state index in [1.54, 1.807) is 32.7 Å². The number of primary amides is 1. The van der Waals surface area contributed by atoms with Crippen LogP contribution < -0.4 is 11.1 Å². The third kappa shape index (κ3) is 10.9. The summed E-state index contributed by atoms with van der Waals surface area (Å²) in [6, 6.07) is -1.27. The standard InChI is InChI=1S/C20H40N4O4S/c1-8-9-17(25)23(6)16(13-29-11-10-22-14(2)3)19(27)24(7)15(18(21)26)12-20(4,5)28/h14-16,22,28H,8-13H2,1-7H3,(H2,21,26)/t15-,16+/m0/s1. The van der Waals surface area contributed by atoms with Crippen LogP contribution in [0, 0.1) is 0 Å². The van der Waals surface area contributed by atoms with Gasteiger partial charge in [0.25, 0.3) is 0 Å². The topological polar surface area (TPSA) is 116 Å². The number of nitrogens with zero attached hydrogens (tertiary/aromatic N) is 2. The molecule has 0 aromatic carbocycles. The van der Waals surface area contributed by atoms with Crippen molar-refractivity contribution in [2.24, 2.45) is 5.73 Å². The molecule has 4 N–H and O–H groups in total. The molecule has 0 saturated heterocycles. The Balaban J connectivity index is 5.35. The molecule has 3 amide bonds. The minimum Gasteiger partial charge on any atom is -0.390 e. The number of thioether (sulfide) groups is 1. The van der Waals surface area contributed by atoms with Gasteiger partial charge in [0, 0.05) is 51.0 Å². The first-order valence-electron chi connectivity index (χ1n) is 10.2. The molecule has 0 radical (unpaired) electrons. The van der Waals surface area contributed by atoms with Gasteiger partial charge in [0.15, 0.2) is 0 Å². The van der Waals surface area contributed by atoms with E-state index in [1.165, 1.54) is 16.8 Å². The van der Waals surface area contributed by atoms with E-state index < -0.39 is 23.6 Å². The lowest BCUT2D eigenvalue weighted by Crippen LogP contribution is -2.56. The molecule has 0 bridgehead atoms. The second kappa shape index (κ2) is 13.1. The van der Waals surface area contributed by atoms with Gasteiger partial charge in [0.05, 0.1) is 5.60 Å². The lowest BCUT2D eigenvalue weighted by atomic mass is 9.97. The molecule has 9 heteroatoms. The van der Waals surface area contributed by atoms with Crippen LogP contribution in [0.15, 0.2) is 0 Å². The zero-order valence-electron chi connectivity index (χ0n) is 19.0. The molecule has 2 atom stereocenters. The van der Waals surface area contributed by atoms with E-state index in [2.05, 4.69) is 19.2 Å². The second-order valence-corrected chi connectivity index (χ2v) is 9.49. The Morgan fingerprint density at radius 3 is 2.17 bits per heavy atom. The predicted molar refractivity (Wildman–Crippen MR) is 119 cm³/mol. The minimum atomic E-state index is -1.16. The molecule has 0 rings (SSSR count). The van der Waals surface area contributed by atoms with Crippen LogP contribution >= 0.6 is 11.8 Å². The summed E-state index contributed by atoms with van der Waals surface area (Å²) in [5.41, 5.74) is 4.33. The Kier molecular flexibility index (Phi) is 12.5. The quantitative estimate of drug-likeness (QED) is 0.350. The Bertz CT molecular complexity index is 537. The van der Waals surface area contributed by atoms with Crippen LogP contribution in [0.5, 0.6) is 0 Å². The summed E-state index contributed by atoms with van der Waals surface area (Å²) in [7, 11) is 3.12. The fourth-order valence-corrected chi connectivity index (χ4v) is 3.84. The summed E-state index contributed by atoms with van der Waals surface area (Å²) >= 11 is 1.58. The number of aliphatic hydroxyl groups is 1. The highest BCUT2D eigenvalue weighted by Crippen LogP contribution is 2.18. The number of hydrogen-bond acceptors (Lipinski definition) is 6. The van der Waals surface area contributed by atoms with E-state index in [0.717, 1.165) is 12.3 Å². The zero-order valence-corrected chi connectivity index (χ0v) is 19.8. The number of nitrogens with one attached hydrogen (secondary N) is 1. The van der Waals surface area contributed by atoms with E-state index in [4.69, 9.17) is 5.73 Å². The monoisotopic (exact) mass is 432 g/mol. The Morgan fingerprint density at radius 2 is 1.72 bits per heavy atom. The van der Waals surface area contributed by atoms with Crippen LogP contribution in [0.1, 0.15) is 53.9 Å². The first-order valence-corrected chi connectivity index (χ1v) is 11.3. The Morgan fingerprint density at radius 1 is 1.14 bits per heavy atom. The third-order valence-corrected chi connectivity index (χ3v) is 5.57. The molecule has 8 nitrogen and oxygen atoms in total. The molecule has 0 aromatic rings. The maximum Gasteiger partial charge on any atom is 0.246 e. The Hall–Kier alpha value is -1.32. The van der Waals surface area contributed by atoms with Gasteiger partial charge in [-0.3, -0.25) is 14.4 Å². The van der Waals surface area contributed by atoms with Crippen molar-refractivity contribution in [3.05, 3.63) is 0 Å². The molecule has 0 aliphatic heterocycles. The smallest absolute Gasteiger partial charge is 0.246 e. The van der Waals surface area contributed by atoms with Crippen LogP contribution in [-0.4, -0.2) is 88.5 Å². The number of likely N-dealkylation sites (N-methyl/N-ethyl adjacent to an activating group) is 2. The van der Waals surface area contributed by atoms with Crippen molar-refractivity contribution >= 4 is 29.5 Å². The number of nitrogens with two attached hydrogens (primary N) is 1.